The topological polar surface area (TPSA) is 38.3 Å². The van der Waals surface area contributed by atoms with Crippen LogP contribution in [0, 0.1) is 5.82 Å². The number of nitrogens with one attached hydrogen (secondary N) is 1. The summed E-state index contributed by atoms with van der Waals surface area (Å²) in [5, 5.41) is 3.92. The standard InChI is InChI=1S/C14H13ClFNO2S/c15-12-10-4-3-8(16)6-11(10)20-13(12)14(18)17-7-9-2-1-5-19-9/h3-4,6,9H,1-2,5,7H2,(H,17,18)/t9-/m0/s1. The molecule has 1 atom stereocenters. The van der Waals surface area contributed by atoms with E-state index in [-0.39, 0.29) is 17.8 Å². The van der Waals surface area contributed by atoms with Crippen LogP contribution in [-0.4, -0.2) is 25.2 Å². The Labute approximate surface area is 124 Å². The third kappa shape index (κ3) is 2.66. The zero-order valence-electron chi connectivity index (χ0n) is 10.6. The number of amides is 1. The lowest BCUT2D eigenvalue weighted by Gasteiger charge is -2.09. The van der Waals surface area contributed by atoms with Gasteiger partial charge in [-0.25, -0.2) is 4.39 Å². The van der Waals surface area contributed by atoms with Gasteiger partial charge in [-0.3, -0.25) is 4.79 Å². The van der Waals surface area contributed by atoms with E-state index >= 15 is 0 Å². The third-order valence-corrected chi connectivity index (χ3v) is 4.97. The fraction of sp³-hybridized carbons (Fsp3) is 0.357. The maximum Gasteiger partial charge on any atom is 0.263 e. The molecule has 0 bridgehead atoms. The first kappa shape index (κ1) is 13.8. The van der Waals surface area contributed by atoms with Gasteiger partial charge in [-0.15, -0.1) is 11.3 Å². The summed E-state index contributed by atoms with van der Waals surface area (Å²) in [4.78, 5) is 12.6. The molecule has 2 heterocycles. The number of hydrogen-bond acceptors (Lipinski definition) is 3. The lowest BCUT2D eigenvalue weighted by atomic mass is 10.2. The zero-order valence-corrected chi connectivity index (χ0v) is 12.2. The summed E-state index contributed by atoms with van der Waals surface area (Å²) in [6.07, 6.45) is 2.08. The van der Waals surface area contributed by atoms with Gasteiger partial charge < -0.3 is 10.1 Å². The number of thiophene rings is 1. The lowest BCUT2D eigenvalue weighted by molar-refractivity contribution is 0.0861. The molecule has 0 aliphatic carbocycles. The van der Waals surface area contributed by atoms with E-state index in [1.165, 1.54) is 23.5 Å². The molecule has 1 aromatic heterocycles. The highest BCUT2D eigenvalue weighted by Crippen LogP contribution is 2.35. The molecule has 0 saturated carbocycles. The van der Waals surface area contributed by atoms with Crippen LogP contribution in [0.2, 0.25) is 5.02 Å². The van der Waals surface area contributed by atoms with Crippen LogP contribution in [0.25, 0.3) is 10.1 Å². The monoisotopic (exact) mass is 313 g/mol. The van der Waals surface area contributed by atoms with Gasteiger partial charge >= 0.3 is 0 Å². The van der Waals surface area contributed by atoms with Gasteiger partial charge in [0, 0.05) is 23.2 Å². The van der Waals surface area contributed by atoms with Crippen molar-refractivity contribution in [2.24, 2.45) is 0 Å². The second kappa shape index (κ2) is 5.68. The van der Waals surface area contributed by atoms with Gasteiger partial charge in [0.25, 0.3) is 5.91 Å². The molecule has 1 N–H and O–H groups in total. The normalized spacial score (nSPS) is 18.6. The van der Waals surface area contributed by atoms with E-state index < -0.39 is 0 Å². The van der Waals surface area contributed by atoms with Crippen molar-refractivity contribution in [3.8, 4) is 0 Å². The lowest BCUT2D eigenvalue weighted by Crippen LogP contribution is -2.31. The molecule has 1 fully saturated rings. The van der Waals surface area contributed by atoms with E-state index in [1.807, 2.05) is 0 Å². The number of hydrogen-bond donors (Lipinski definition) is 1. The number of carbonyl (C=O) groups excluding carboxylic acids is 1. The first-order chi connectivity index (χ1) is 9.65. The van der Waals surface area contributed by atoms with Gasteiger partial charge in [0.15, 0.2) is 0 Å². The Morgan fingerprint density at radius 3 is 3.15 bits per heavy atom. The largest absolute Gasteiger partial charge is 0.376 e. The van der Waals surface area contributed by atoms with Crippen molar-refractivity contribution in [1.82, 2.24) is 5.32 Å². The molecule has 6 heteroatoms. The van der Waals surface area contributed by atoms with Crippen LogP contribution in [-0.2, 0) is 4.74 Å². The first-order valence-electron chi connectivity index (χ1n) is 6.42. The molecule has 106 valence electrons. The predicted molar refractivity (Wildman–Crippen MR) is 78.1 cm³/mol. The quantitative estimate of drug-likeness (QED) is 0.940. The van der Waals surface area contributed by atoms with Crippen LogP contribution in [0.5, 0.6) is 0 Å². The Kier molecular flexibility index (Phi) is 3.92. The molecule has 0 unspecified atom stereocenters. The summed E-state index contributed by atoms with van der Waals surface area (Å²) in [7, 11) is 0. The van der Waals surface area contributed by atoms with Gasteiger partial charge in [-0.05, 0) is 31.0 Å². The van der Waals surface area contributed by atoms with Gasteiger partial charge in [0.2, 0.25) is 0 Å². The fourth-order valence-corrected chi connectivity index (χ4v) is 3.74. The minimum Gasteiger partial charge on any atom is -0.376 e. The fourth-order valence-electron chi connectivity index (χ4n) is 2.28. The molecule has 1 aliphatic heterocycles. The Balaban J connectivity index is 1.78. The maximum atomic E-state index is 13.2. The molecule has 20 heavy (non-hydrogen) atoms. The van der Waals surface area contributed by atoms with E-state index in [0.717, 1.165) is 19.4 Å². The molecule has 0 radical (unpaired) electrons. The number of ether oxygens (including phenoxy) is 1. The van der Waals surface area contributed by atoms with Crippen molar-refractivity contribution in [2.75, 3.05) is 13.2 Å². The third-order valence-electron chi connectivity index (χ3n) is 3.31. The smallest absolute Gasteiger partial charge is 0.263 e. The molecule has 3 rings (SSSR count). The van der Waals surface area contributed by atoms with Gasteiger partial charge in [0.1, 0.15) is 10.7 Å². The van der Waals surface area contributed by atoms with E-state index in [9.17, 15) is 9.18 Å². The molecule has 1 aromatic carbocycles. The van der Waals surface area contributed by atoms with Crippen LogP contribution in [0.4, 0.5) is 4.39 Å². The number of benzene rings is 1. The highest BCUT2D eigenvalue weighted by atomic mass is 35.5. The molecular weight excluding hydrogens is 301 g/mol. The molecule has 3 nitrogen and oxygen atoms in total. The summed E-state index contributed by atoms with van der Waals surface area (Å²) < 4.78 is 19.3. The SMILES string of the molecule is O=C(NC[C@@H]1CCCO1)c1sc2cc(F)ccc2c1Cl. The van der Waals surface area contributed by atoms with Gasteiger partial charge in [-0.1, -0.05) is 11.6 Å². The van der Waals surface area contributed by atoms with Crippen LogP contribution in [0.1, 0.15) is 22.5 Å². The highest BCUT2D eigenvalue weighted by Gasteiger charge is 2.20. The van der Waals surface area contributed by atoms with E-state index in [1.54, 1.807) is 6.07 Å². The van der Waals surface area contributed by atoms with Crippen LogP contribution in [0.15, 0.2) is 18.2 Å². The predicted octanol–water partition coefficient (Wildman–Crippen LogP) is 3.60. The van der Waals surface area contributed by atoms with Gasteiger partial charge in [0.05, 0.1) is 11.1 Å². The van der Waals surface area contributed by atoms with Crippen LogP contribution < -0.4 is 5.32 Å². The Hall–Kier alpha value is -1.17. The second-order valence-electron chi connectivity index (χ2n) is 4.73. The van der Waals surface area contributed by atoms with Gasteiger partial charge in [-0.2, -0.15) is 0 Å². The molecule has 1 aliphatic rings. The summed E-state index contributed by atoms with van der Waals surface area (Å²) in [5.74, 6) is -0.561. The number of fused-ring (bicyclic) bond motifs is 1. The van der Waals surface area contributed by atoms with Crippen molar-refractivity contribution in [3.05, 3.63) is 33.9 Å². The zero-order chi connectivity index (χ0) is 14.1. The summed E-state index contributed by atoms with van der Waals surface area (Å²) in [6.45, 7) is 1.24. The summed E-state index contributed by atoms with van der Waals surface area (Å²) in [6, 6.07) is 4.33. The average molecular weight is 314 g/mol. The van der Waals surface area contributed by atoms with Crippen molar-refractivity contribution < 1.29 is 13.9 Å². The molecule has 2 aromatic rings. The van der Waals surface area contributed by atoms with Crippen molar-refractivity contribution in [3.63, 3.8) is 0 Å². The summed E-state index contributed by atoms with van der Waals surface area (Å²) in [5.41, 5.74) is 0. The van der Waals surface area contributed by atoms with Crippen molar-refractivity contribution >= 4 is 38.9 Å². The Morgan fingerprint density at radius 2 is 2.40 bits per heavy atom. The van der Waals surface area contributed by atoms with Crippen LogP contribution in [0.3, 0.4) is 0 Å². The Morgan fingerprint density at radius 1 is 1.55 bits per heavy atom. The molecule has 1 amide bonds. The molecule has 0 spiro atoms. The van der Waals surface area contributed by atoms with Crippen molar-refractivity contribution in [1.29, 1.82) is 0 Å². The second-order valence-corrected chi connectivity index (χ2v) is 6.16. The van der Waals surface area contributed by atoms with E-state index in [4.69, 9.17) is 16.3 Å². The number of rotatable bonds is 3. The number of halogens is 2. The first-order valence-corrected chi connectivity index (χ1v) is 7.62. The highest BCUT2D eigenvalue weighted by molar-refractivity contribution is 7.21. The minimum absolute atomic E-state index is 0.0875. The molecular formula is C14H13ClFNO2S. The number of carbonyl (C=O) groups is 1. The Bertz CT molecular complexity index is 652. The average Bonchev–Trinajstić information content (AvgIpc) is 3.04. The van der Waals surface area contributed by atoms with E-state index in [0.29, 0.717) is 26.5 Å². The maximum absolute atomic E-state index is 13.2. The molecule has 1 saturated heterocycles. The van der Waals surface area contributed by atoms with Crippen molar-refractivity contribution in [2.45, 2.75) is 18.9 Å². The summed E-state index contributed by atoms with van der Waals surface area (Å²) >= 11 is 7.40. The minimum atomic E-state index is -0.332. The van der Waals surface area contributed by atoms with Crippen LogP contribution >= 0.6 is 22.9 Å². The van der Waals surface area contributed by atoms with E-state index in [2.05, 4.69) is 5.32 Å².